The molecular weight excluding hydrogens is 216 g/mol. The lowest BCUT2D eigenvalue weighted by atomic mass is 10.2. The van der Waals surface area contributed by atoms with Crippen molar-refractivity contribution >= 4 is 21.6 Å². The molecule has 0 radical (unpaired) electrons. The van der Waals surface area contributed by atoms with Crippen LogP contribution in [-0.2, 0) is 0 Å². The topological polar surface area (TPSA) is 17.3 Å². The van der Waals surface area contributed by atoms with E-state index in [2.05, 4.69) is 45.2 Å². The smallest absolute Gasteiger partial charge is 0.138 e. The summed E-state index contributed by atoms with van der Waals surface area (Å²) in [6, 6.07) is 4.11. The van der Waals surface area contributed by atoms with Crippen LogP contribution in [0.1, 0.15) is 11.3 Å². The lowest BCUT2D eigenvalue weighted by Gasteiger charge is -2.01. The number of aromatic nitrogens is 2. The minimum absolute atomic E-state index is 0.885. The number of hydrogen-bond donors (Lipinski definition) is 0. The zero-order valence-electron chi connectivity index (χ0n) is 7.00. The Balaban J connectivity index is 2.89. The van der Waals surface area contributed by atoms with Gasteiger partial charge in [0.1, 0.15) is 10.3 Å². The summed E-state index contributed by atoms with van der Waals surface area (Å²) in [7, 11) is 0. The molecule has 0 saturated carbocycles. The third-order valence-electron chi connectivity index (χ3n) is 2.12. The lowest BCUT2D eigenvalue weighted by molar-refractivity contribution is 1.06. The highest BCUT2D eigenvalue weighted by Crippen LogP contribution is 2.15. The van der Waals surface area contributed by atoms with Crippen LogP contribution in [0.2, 0.25) is 0 Å². The van der Waals surface area contributed by atoms with Gasteiger partial charge in [0.25, 0.3) is 0 Å². The highest BCUT2D eigenvalue weighted by Gasteiger charge is 2.01. The normalized spacial score (nSPS) is 10.9. The molecule has 12 heavy (non-hydrogen) atoms. The van der Waals surface area contributed by atoms with Crippen molar-refractivity contribution in [2.24, 2.45) is 0 Å². The number of rotatable bonds is 0. The Bertz CT molecular complexity index is 431. The Labute approximate surface area is 79.4 Å². The van der Waals surface area contributed by atoms with Gasteiger partial charge in [-0.3, -0.25) is 0 Å². The molecule has 3 heteroatoms. The van der Waals surface area contributed by atoms with Crippen molar-refractivity contribution < 1.29 is 0 Å². The largest absolute Gasteiger partial charge is 0.303 e. The van der Waals surface area contributed by atoms with Crippen molar-refractivity contribution in [1.82, 2.24) is 9.38 Å². The minimum Gasteiger partial charge on any atom is -0.303 e. The highest BCUT2D eigenvalue weighted by molar-refractivity contribution is 9.10. The second-order valence-corrected chi connectivity index (χ2v) is 3.71. The third kappa shape index (κ3) is 1.05. The summed E-state index contributed by atoms with van der Waals surface area (Å²) < 4.78 is 2.97. The maximum absolute atomic E-state index is 4.29. The second-order valence-electron chi connectivity index (χ2n) is 2.89. The van der Waals surface area contributed by atoms with Gasteiger partial charge < -0.3 is 4.40 Å². The Morgan fingerprint density at radius 1 is 1.33 bits per heavy atom. The third-order valence-corrected chi connectivity index (χ3v) is 2.50. The van der Waals surface area contributed by atoms with Crippen LogP contribution < -0.4 is 0 Å². The monoisotopic (exact) mass is 224 g/mol. The van der Waals surface area contributed by atoms with Gasteiger partial charge >= 0.3 is 0 Å². The van der Waals surface area contributed by atoms with E-state index in [1.54, 1.807) is 0 Å². The second kappa shape index (κ2) is 2.59. The molecule has 0 bridgehead atoms. The number of aryl methyl sites for hydroxylation is 2. The fourth-order valence-corrected chi connectivity index (χ4v) is 1.65. The number of imidazole rings is 1. The molecule has 0 N–H and O–H groups in total. The predicted octanol–water partition coefficient (Wildman–Crippen LogP) is 2.71. The number of halogens is 1. The Hall–Kier alpha value is -0.830. The van der Waals surface area contributed by atoms with Gasteiger partial charge in [-0.2, -0.15) is 0 Å². The molecular formula is C9H9BrN2. The first kappa shape index (κ1) is 7.80. The van der Waals surface area contributed by atoms with Crippen LogP contribution in [0, 0.1) is 13.8 Å². The summed E-state index contributed by atoms with van der Waals surface area (Å²) in [5, 5.41) is 0. The summed E-state index contributed by atoms with van der Waals surface area (Å²) in [5.74, 6) is 0. The lowest BCUT2D eigenvalue weighted by Crippen LogP contribution is -1.91. The van der Waals surface area contributed by atoms with Gasteiger partial charge in [0, 0.05) is 11.9 Å². The van der Waals surface area contributed by atoms with Gasteiger partial charge in [0.2, 0.25) is 0 Å². The van der Waals surface area contributed by atoms with Crippen LogP contribution in [0.5, 0.6) is 0 Å². The van der Waals surface area contributed by atoms with Crippen LogP contribution in [-0.4, -0.2) is 9.38 Å². The van der Waals surface area contributed by atoms with Crippen LogP contribution in [0.3, 0.4) is 0 Å². The van der Waals surface area contributed by atoms with Crippen LogP contribution in [0.4, 0.5) is 0 Å². The molecule has 62 valence electrons. The van der Waals surface area contributed by atoms with Crippen LogP contribution in [0.25, 0.3) is 5.65 Å². The molecule has 0 aliphatic heterocycles. The molecule has 0 aliphatic carbocycles. The maximum atomic E-state index is 4.29. The Morgan fingerprint density at radius 3 is 2.83 bits per heavy atom. The zero-order valence-corrected chi connectivity index (χ0v) is 8.59. The molecule has 0 atom stereocenters. The van der Waals surface area contributed by atoms with E-state index in [-0.39, 0.29) is 0 Å². The average molecular weight is 225 g/mol. The van der Waals surface area contributed by atoms with E-state index in [4.69, 9.17) is 0 Å². The average Bonchev–Trinajstić information content (AvgIpc) is 2.39. The summed E-state index contributed by atoms with van der Waals surface area (Å²) in [6.45, 7) is 4.19. The van der Waals surface area contributed by atoms with E-state index >= 15 is 0 Å². The van der Waals surface area contributed by atoms with E-state index in [0.29, 0.717) is 0 Å². The van der Waals surface area contributed by atoms with Gasteiger partial charge in [0.05, 0.1) is 0 Å². The maximum Gasteiger partial charge on any atom is 0.138 e. The van der Waals surface area contributed by atoms with E-state index < -0.39 is 0 Å². The molecule has 0 aromatic carbocycles. The quantitative estimate of drug-likeness (QED) is 0.673. The van der Waals surface area contributed by atoms with Crippen LogP contribution in [0.15, 0.2) is 22.9 Å². The van der Waals surface area contributed by atoms with Crippen molar-refractivity contribution in [3.05, 3.63) is 34.2 Å². The number of hydrogen-bond acceptors (Lipinski definition) is 1. The Morgan fingerprint density at radius 2 is 2.08 bits per heavy atom. The number of pyridine rings is 1. The standard InChI is InChI=1S/C9H9BrN2/c1-6-3-4-9-11-8(10)5-12(9)7(6)2/h3-5H,1-2H3. The van der Waals surface area contributed by atoms with Crippen LogP contribution >= 0.6 is 15.9 Å². The summed E-state index contributed by atoms with van der Waals surface area (Å²) in [5.41, 5.74) is 3.52. The van der Waals surface area contributed by atoms with Crippen molar-refractivity contribution in [2.45, 2.75) is 13.8 Å². The van der Waals surface area contributed by atoms with Gasteiger partial charge in [0.15, 0.2) is 0 Å². The van der Waals surface area contributed by atoms with Crippen molar-refractivity contribution in [3.63, 3.8) is 0 Å². The summed E-state index contributed by atoms with van der Waals surface area (Å²) in [6.07, 6.45) is 1.98. The van der Waals surface area contributed by atoms with Gasteiger partial charge in [-0.05, 0) is 41.4 Å². The fraction of sp³-hybridized carbons (Fsp3) is 0.222. The predicted molar refractivity (Wildman–Crippen MR) is 52.4 cm³/mol. The molecule has 0 fully saturated rings. The SMILES string of the molecule is Cc1ccc2nc(Br)cn2c1C. The van der Waals surface area contributed by atoms with Crippen molar-refractivity contribution in [3.8, 4) is 0 Å². The summed E-state index contributed by atoms with van der Waals surface area (Å²) >= 11 is 3.35. The molecule has 2 heterocycles. The molecule has 2 nitrogen and oxygen atoms in total. The zero-order chi connectivity index (χ0) is 8.72. The molecule has 0 spiro atoms. The highest BCUT2D eigenvalue weighted by atomic mass is 79.9. The molecule has 0 unspecified atom stereocenters. The molecule has 2 rings (SSSR count). The van der Waals surface area contributed by atoms with Gasteiger partial charge in [-0.25, -0.2) is 4.98 Å². The Kier molecular flexibility index (Phi) is 1.68. The molecule has 0 amide bonds. The van der Waals surface area contributed by atoms with Crippen molar-refractivity contribution in [1.29, 1.82) is 0 Å². The molecule has 2 aromatic rings. The van der Waals surface area contributed by atoms with Gasteiger partial charge in [-0.15, -0.1) is 0 Å². The van der Waals surface area contributed by atoms with E-state index in [0.717, 1.165) is 10.3 Å². The fourth-order valence-electron chi connectivity index (χ4n) is 1.26. The molecule has 0 saturated heterocycles. The first-order valence-corrected chi connectivity index (χ1v) is 4.58. The first-order chi connectivity index (χ1) is 5.68. The van der Waals surface area contributed by atoms with E-state index in [1.807, 2.05) is 12.3 Å². The van der Waals surface area contributed by atoms with E-state index in [9.17, 15) is 0 Å². The number of nitrogens with zero attached hydrogens (tertiary/aromatic N) is 2. The molecule has 0 aliphatic rings. The van der Waals surface area contributed by atoms with E-state index in [1.165, 1.54) is 11.3 Å². The first-order valence-electron chi connectivity index (χ1n) is 3.79. The minimum atomic E-state index is 0.885. The summed E-state index contributed by atoms with van der Waals surface area (Å²) in [4.78, 5) is 4.29. The van der Waals surface area contributed by atoms with Gasteiger partial charge in [-0.1, -0.05) is 6.07 Å². The molecule has 2 aromatic heterocycles. The number of fused-ring (bicyclic) bond motifs is 1. The van der Waals surface area contributed by atoms with Crippen molar-refractivity contribution in [2.75, 3.05) is 0 Å².